The fourth-order valence-corrected chi connectivity index (χ4v) is 2.92. The molecular formula is C18H19ClFN3O3. The number of nitro groups is 1. The van der Waals surface area contributed by atoms with Gasteiger partial charge in [-0.25, -0.2) is 4.39 Å². The van der Waals surface area contributed by atoms with Gasteiger partial charge >= 0.3 is 0 Å². The smallest absolute Gasteiger partial charge is 0.293 e. The number of benzene rings is 2. The Bertz CT molecular complexity index is 822. The van der Waals surface area contributed by atoms with E-state index in [1.54, 1.807) is 25.1 Å². The van der Waals surface area contributed by atoms with Gasteiger partial charge in [0.1, 0.15) is 11.5 Å². The second-order valence-electron chi connectivity index (χ2n) is 6.04. The predicted octanol–water partition coefficient (Wildman–Crippen LogP) is 4.30. The van der Waals surface area contributed by atoms with Crippen molar-refractivity contribution in [3.05, 3.63) is 68.5 Å². The van der Waals surface area contributed by atoms with Gasteiger partial charge in [0.15, 0.2) is 5.78 Å². The molecule has 8 heteroatoms. The maximum absolute atomic E-state index is 14.3. The molecular weight excluding hydrogens is 361 g/mol. The van der Waals surface area contributed by atoms with Gasteiger partial charge < -0.3 is 10.2 Å². The maximum atomic E-state index is 14.3. The Morgan fingerprint density at radius 2 is 2.04 bits per heavy atom. The minimum atomic E-state index is -0.560. The predicted molar refractivity (Wildman–Crippen MR) is 99.4 cm³/mol. The van der Waals surface area contributed by atoms with E-state index < -0.39 is 16.8 Å². The second-order valence-corrected chi connectivity index (χ2v) is 6.45. The normalized spacial score (nSPS) is 12.1. The van der Waals surface area contributed by atoms with E-state index in [1.807, 2.05) is 0 Å². The molecule has 1 N–H and O–H groups in total. The van der Waals surface area contributed by atoms with Crippen LogP contribution in [0.2, 0.25) is 5.02 Å². The highest BCUT2D eigenvalue weighted by molar-refractivity contribution is 6.31. The first kappa shape index (κ1) is 19.8. The number of nitrogens with zero attached hydrogens (tertiary/aromatic N) is 2. The fourth-order valence-electron chi connectivity index (χ4n) is 2.63. The van der Waals surface area contributed by atoms with Crippen LogP contribution in [0.1, 0.15) is 28.9 Å². The molecule has 0 aliphatic heterocycles. The molecule has 0 fully saturated rings. The number of halogens is 2. The summed E-state index contributed by atoms with van der Waals surface area (Å²) < 4.78 is 14.3. The lowest BCUT2D eigenvalue weighted by molar-refractivity contribution is -0.384. The summed E-state index contributed by atoms with van der Waals surface area (Å²) in [6.45, 7) is 1.53. The Kier molecular flexibility index (Phi) is 6.28. The van der Waals surface area contributed by atoms with Crippen LogP contribution < -0.4 is 5.32 Å². The lowest BCUT2D eigenvalue weighted by atomic mass is 10.0. The summed E-state index contributed by atoms with van der Waals surface area (Å²) in [5.74, 6) is -0.705. The second kappa shape index (κ2) is 8.25. The van der Waals surface area contributed by atoms with Gasteiger partial charge in [-0.05, 0) is 45.3 Å². The van der Waals surface area contributed by atoms with E-state index in [9.17, 15) is 19.3 Å². The van der Waals surface area contributed by atoms with Gasteiger partial charge in [-0.15, -0.1) is 0 Å². The number of Topliss-reactive ketones (excluding diaryl/α,β-unsaturated/α-hetero) is 1. The summed E-state index contributed by atoms with van der Waals surface area (Å²) in [5.41, 5.74) is 0.604. The van der Waals surface area contributed by atoms with Crippen molar-refractivity contribution >= 4 is 28.8 Å². The van der Waals surface area contributed by atoms with Crippen LogP contribution in [0.15, 0.2) is 36.4 Å². The van der Waals surface area contributed by atoms with Crippen molar-refractivity contribution in [2.24, 2.45) is 0 Å². The number of anilines is 1. The summed E-state index contributed by atoms with van der Waals surface area (Å²) in [7, 11) is 3.53. The van der Waals surface area contributed by atoms with Crippen LogP contribution in [0.4, 0.5) is 15.8 Å². The van der Waals surface area contributed by atoms with Gasteiger partial charge in [-0.1, -0.05) is 17.7 Å². The van der Waals surface area contributed by atoms with Crippen molar-refractivity contribution in [3.8, 4) is 0 Å². The van der Waals surface area contributed by atoms with Crippen molar-refractivity contribution in [1.82, 2.24) is 4.90 Å². The zero-order valence-corrected chi connectivity index (χ0v) is 15.4. The summed E-state index contributed by atoms with van der Waals surface area (Å²) in [6, 6.07) is 8.21. The van der Waals surface area contributed by atoms with E-state index in [0.29, 0.717) is 5.56 Å². The molecule has 2 rings (SSSR count). The van der Waals surface area contributed by atoms with Crippen LogP contribution in [0, 0.1) is 15.9 Å². The van der Waals surface area contributed by atoms with E-state index in [1.165, 1.54) is 37.3 Å². The van der Waals surface area contributed by atoms with Crippen LogP contribution in [0.5, 0.6) is 0 Å². The maximum Gasteiger partial charge on any atom is 0.293 e. The van der Waals surface area contributed by atoms with E-state index >= 15 is 0 Å². The molecule has 0 saturated heterocycles. The molecule has 0 aromatic heterocycles. The van der Waals surface area contributed by atoms with E-state index in [-0.39, 0.29) is 34.3 Å². The number of likely N-dealkylation sites (N-methyl/N-ethyl adjacent to an activating group) is 1. The average molecular weight is 380 g/mol. The van der Waals surface area contributed by atoms with Crippen LogP contribution >= 0.6 is 11.6 Å². The number of rotatable bonds is 7. The molecule has 0 bridgehead atoms. The van der Waals surface area contributed by atoms with Crippen molar-refractivity contribution < 1.29 is 14.1 Å². The van der Waals surface area contributed by atoms with Gasteiger partial charge in [0.25, 0.3) is 5.69 Å². The van der Waals surface area contributed by atoms with E-state index in [0.717, 1.165) is 0 Å². The molecule has 0 spiro atoms. The van der Waals surface area contributed by atoms with E-state index in [2.05, 4.69) is 5.32 Å². The molecule has 0 radical (unpaired) electrons. The van der Waals surface area contributed by atoms with Gasteiger partial charge in [-0.3, -0.25) is 14.9 Å². The highest BCUT2D eigenvalue weighted by Gasteiger charge is 2.23. The van der Waals surface area contributed by atoms with Crippen LogP contribution in [-0.4, -0.2) is 36.2 Å². The summed E-state index contributed by atoms with van der Waals surface area (Å²) >= 11 is 6.15. The Balaban J connectivity index is 2.33. The highest BCUT2D eigenvalue weighted by atomic mass is 35.5. The molecule has 0 aliphatic carbocycles. The summed E-state index contributed by atoms with van der Waals surface area (Å²) in [5, 5.41) is 14.6. The van der Waals surface area contributed by atoms with Gasteiger partial charge in [0.05, 0.1) is 11.0 Å². The lowest BCUT2D eigenvalue weighted by Crippen LogP contribution is -2.28. The zero-order valence-electron chi connectivity index (χ0n) is 14.6. The zero-order chi connectivity index (χ0) is 19.4. The molecule has 0 aliphatic rings. The third-order valence-corrected chi connectivity index (χ3v) is 4.37. The minimum absolute atomic E-state index is 0.188. The summed E-state index contributed by atoms with van der Waals surface area (Å²) in [6.07, 6.45) is 0. The van der Waals surface area contributed by atoms with Crippen molar-refractivity contribution in [2.75, 3.05) is 26.0 Å². The lowest BCUT2D eigenvalue weighted by Gasteiger charge is -2.26. The third kappa shape index (κ3) is 4.36. The number of hydrogen-bond acceptors (Lipinski definition) is 5. The highest BCUT2D eigenvalue weighted by Crippen LogP contribution is 2.31. The Morgan fingerprint density at radius 1 is 1.35 bits per heavy atom. The Labute approximate surface area is 155 Å². The molecule has 0 amide bonds. The summed E-state index contributed by atoms with van der Waals surface area (Å²) in [4.78, 5) is 24.0. The average Bonchev–Trinajstić information content (AvgIpc) is 2.56. The first-order valence-corrected chi connectivity index (χ1v) is 8.23. The van der Waals surface area contributed by atoms with Crippen LogP contribution in [-0.2, 0) is 0 Å². The van der Waals surface area contributed by atoms with E-state index in [4.69, 9.17) is 11.6 Å². The van der Waals surface area contributed by atoms with Crippen molar-refractivity contribution in [1.29, 1.82) is 0 Å². The van der Waals surface area contributed by atoms with Crippen LogP contribution in [0.25, 0.3) is 0 Å². The molecule has 2 aromatic rings. The first-order chi connectivity index (χ1) is 12.2. The fraction of sp³-hybridized carbons (Fsp3) is 0.278. The standard InChI is InChI=1S/C18H19ClFN3O3/c1-11(24)12-7-8-15(16(9-12)23(25)26)21-10-17(22(2)3)18-13(19)5-4-6-14(18)20/h4-9,17,21H,10H2,1-3H3. The monoisotopic (exact) mass is 379 g/mol. The van der Waals surface area contributed by atoms with Crippen molar-refractivity contribution in [2.45, 2.75) is 13.0 Å². The molecule has 1 unspecified atom stereocenters. The van der Waals surface area contributed by atoms with Gasteiger partial charge in [-0.2, -0.15) is 0 Å². The molecule has 138 valence electrons. The number of ketones is 1. The number of hydrogen-bond donors (Lipinski definition) is 1. The molecule has 0 saturated carbocycles. The third-order valence-electron chi connectivity index (χ3n) is 4.04. The molecule has 6 nitrogen and oxygen atoms in total. The largest absolute Gasteiger partial charge is 0.378 e. The SMILES string of the molecule is CC(=O)c1ccc(NCC(c2c(F)cccc2Cl)N(C)C)c([N+](=O)[O-])c1. The Hall–Kier alpha value is -2.51. The topological polar surface area (TPSA) is 75.5 Å². The molecule has 2 aromatic carbocycles. The quantitative estimate of drug-likeness (QED) is 0.441. The number of carbonyl (C=O) groups is 1. The van der Waals surface area contributed by atoms with Gasteiger partial charge in [0, 0.05) is 28.8 Å². The van der Waals surface area contributed by atoms with Crippen molar-refractivity contribution in [3.63, 3.8) is 0 Å². The van der Waals surface area contributed by atoms with Gasteiger partial charge in [0.2, 0.25) is 0 Å². The first-order valence-electron chi connectivity index (χ1n) is 7.86. The number of carbonyl (C=O) groups excluding carboxylic acids is 1. The molecule has 1 atom stereocenters. The molecule has 26 heavy (non-hydrogen) atoms. The minimum Gasteiger partial charge on any atom is -0.378 e. The number of nitro benzene ring substituents is 1. The Morgan fingerprint density at radius 3 is 2.58 bits per heavy atom. The van der Waals surface area contributed by atoms with Crippen LogP contribution in [0.3, 0.4) is 0 Å². The molecule has 0 heterocycles. The number of nitrogens with one attached hydrogen (secondary N) is 1.